The third kappa shape index (κ3) is 3.68. The molecule has 0 aliphatic rings. The fourth-order valence-corrected chi connectivity index (χ4v) is 6.60. The molecule has 0 N–H and O–H groups in total. The van der Waals surface area contributed by atoms with Crippen LogP contribution in [0.1, 0.15) is 0 Å². The SMILES string of the molecule is c1ccc(-c2nc(-c3ccc(-n4c5ccccc5c5cc6ccccc6cc54)c4ccccc34)c3ccccc3n2)cc1. The third-order valence-corrected chi connectivity index (χ3v) is 8.57. The Morgan fingerprint density at radius 2 is 1.07 bits per heavy atom. The number of fused-ring (bicyclic) bond motifs is 6. The summed E-state index contributed by atoms with van der Waals surface area (Å²) in [6.07, 6.45) is 0. The molecule has 0 atom stereocenters. The van der Waals surface area contributed by atoms with E-state index in [2.05, 4.69) is 132 Å². The van der Waals surface area contributed by atoms with Gasteiger partial charge in [0, 0.05) is 32.7 Å². The van der Waals surface area contributed by atoms with Crippen molar-refractivity contribution in [1.29, 1.82) is 0 Å². The van der Waals surface area contributed by atoms with Gasteiger partial charge < -0.3 is 4.57 Å². The van der Waals surface area contributed by atoms with Crippen LogP contribution in [-0.2, 0) is 0 Å². The predicted molar refractivity (Wildman–Crippen MR) is 180 cm³/mol. The Hall–Kier alpha value is -5.80. The lowest BCUT2D eigenvalue weighted by Gasteiger charge is -2.16. The number of nitrogens with zero attached hydrogens (tertiary/aromatic N) is 3. The molecule has 2 heterocycles. The van der Waals surface area contributed by atoms with Crippen LogP contribution in [0.5, 0.6) is 0 Å². The van der Waals surface area contributed by atoms with Crippen LogP contribution in [0, 0.1) is 0 Å². The van der Waals surface area contributed by atoms with E-state index >= 15 is 0 Å². The number of aromatic nitrogens is 3. The molecule has 3 nitrogen and oxygen atoms in total. The Balaban J connectivity index is 1.36. The summed E-state index contributed by atoms with van der Waals surface area (Å²) in [7, 11) is 0. The van der Waals surface area contributed by atoms with Crippen LogP contribution in [0.25, 0.3) is 82.6 Å². The van der Waals surface area contributed by atoms with Crippen molar-refractivity contribution in [3.8, 4) is 28.3 Å². The summed E-state index contributed by atoms with van der Waals surface area (Å²) in [6.45, 7) is 0. The second kappa shape index (κ2) is 9.37. The Morgan fingerprint density at radius 3 is 1.91 bits per heavy atom. The van der Waals surface area contributed by atoms with Gasteiger partial charge in [-0.1, -0.05) is 121 Å². The lowest BCUT2D eigenvalue weighted by molar-refractivity contribution is 1.20. The zero-order chi connectivity index (χ0) is 28.3. The summed E-state index contributed by atoms with van der Waals surface area (Å²) in [5.41, 5.74) is 7.55. The van der Waals surface area contributed by atoms with E-state index in [9.17, 15) is 0 Å². The molecule has 9 aromatic rings. The van der Waals surface area contributed by atoms with Crippen LogP contribution >= 0.6 is 0 Å². The topological polar surface area (TPSA) is 30.7 Å². The zero-order valence-electron chi connectivity index (χ0n) is 23.3. The molecule has 0 fully saturated rings. The first-order valence-electron chi connectivity index (χ1n) is 14.6. The molecule has 0 spiro atoms. The second-order valence-electron chi connectivity index (χ2n) is 11.0. The highest BCUT2D eigenvalue weighted by Gasteiger charge is 2.18. The normalized spacial score (nSPS) is 11.7. The fraction of sp³-hybridized carbons (Fsp3) is 0. The zero-order valence-corrected chi connectivity index (χ0v) is 23.3. The highest BCUT2D eigenvalue weighted by Crippen LogP contribution is 2.40. The van der Waals surface area contributed by atoms with Gasteiger partial charge in [-0.3, -0.25) is 0 Å². The second-order valence-corrected chi connectivity index (χ2v) is 11.0. The Kier molecular flexibility index (Phi) is 5.20. The summed E-state index contributed by atoms with van der Waals surface area (Å²) in [5.74, 6) is 0.733. The van der Waals surface area contributed by atoms with Gasteiger partial charge in [0.2, 0.25) is 0 Å². The van der Waals surface area contributed by atoms with Gasteiger partial charge in [0.15, 0.2) is 5.82 Å². The Morgan fingerprint density at radius 1 is 0.419 bits per heavy atom. The van der Waals surface area contributed by atoms with Crippen LogP contribution in [0.4, 0.5) is 0 Å². The minimum absolute atomic E-state index is 0.733. The minimum atomic E-state index is 0.733. The number of para-hydroxylation sites is 2. The molecule has 7 aromatic carbocycles. The summed E-state index contributed by atoms with van der Waals surface area (Å²) in [5, 5.41) is 8.39. The molecule has 3 heteroatoms. The average molecular weight is 548 g/mol. The first-order valence-corrected chi connectivity index (χ1v) is 14.6. The van der Waals surface area contributed by atoms with Gasteiger partial charge in [0.05, 0.1) is 27.9 Å². The summed E-state index contributed by atoms with van der Waals surface area (Å²) < 4.78 is 2.43. The number of hydrogen-bond acceptors (Lipinski definition) is 2. The minimum Gasteiger partial charge on any atom is -0.309 e. The highest BCUT2D eigenvalue weighted by atomic mass is 15.0. The lowest BCUT2D eigenvalue weighted by Crippen LogP contribution is -1.98. The van der Waals surface area contributed by atoms with Crippen LogP contribution in [0.15, 0.2) is 152 Å². The van der Waals surface area contributed by atoms with E-state index < -0.39 is 0 Å². The first-order chi connectivity index (χ1) is 21.3. The maximum atomic E-state index is 5.20. The van der Waals surface area contributed by atoms with Crippen molar-refractivity contribution in [1.82, 2.24) is 14.5 Å². The highest BCUT2D eigenvalue weighted by molar-refractivity contribution is 6.15. The van der Waals surface area contributed by atoms with E-state index in [0.717, 1.165) is 44.6 Å². The van der Waals surface area contributed by atoms with Crippen LogP contribution < -0.4 is 0 Å². The predicted octanol–water partition coefficient (Wildman–Crippen LogP) is 10.4. The summed E-state index contributed by atoms with van der Waals surface area (Å²) >= 11 is 0. The lowest BCUT2D eigenvalue weighted by atomic mass is 9.97. The fourth-order valence-electron chi connectivity index (χ4n) is 6.60. The summed E-state index contributed by atoms with van der Waals surface area (Å²) in [4.78, 5) is 10.1. The van der Waals surface area contributed by atoms with E-state index in [0.29, 0.717) is 0 Å². The van der Waals surface area contributed by atoms with Crippen molar-refractivity contribution in [2.24, 2.45) is 0 Å². The van der Waals surface area contributed by atoms with E-state index in [-0.39, 0.29) is 0 Å². The Bertz CT molecular complexity index is 2510. The van der Waals surface area contributed by atoms with Gasteiger partial charge in [0.25, 0.3) is 0 Å². The molecule has 0 unspecified atom stereocenters. The first kappa shape index (κ1) is 23.9. The molecular weight excluding hydrogens is 522 g/mol. The molecule has 0 radical (unpaired) electrons. The smallest absolute Gasteiger partial charge is 0.160 e. The van der Waals surface area contributed by atoms with Crippen LogP contribution in [0.3, 0.4) is 0 Å². The monoisotopic (exact) mass is 547 g/mol. The van der Waals surface area contributed by atoms with Crippen molar-refractivity contribution in [3.05, 3.63) is 152 Å². The van der Waals surface area contributed by atoms with E-state index in [1.807, 2.05) is 24.3 Å². The molecule has 0 saturated heterocycles. The number of hydrogen-bond donors (Lipinski definition) is 0. The van der Waals surface area contributed by atoms with Gasteiger partial charge in [-0.15, -0.1) is 0 Å². The number of rotatable bonds is 3. The third-order valence-electron chi connectivity index (χ3n) is 8.57. The maximum Gasteiger partial charge on any atom is 0.160 e. The van der Waals surface area contributed by atoms with Crippen LogP contribution in [-0.4, -0.2) is 14.5 Å². The van der Waals surface area contributed by atoms with Crippen molar-refractivity contribution < 1.29 is 0 Å². The van der Waals surface area contributed by atoms with E-state index in [1.165, 1.54) is 38.0 Å². The largest absolute Gasteiger partial charge is 0.309 e. The van der Waals surface area contributed by atoms with Gasteiger partial charge in [-0.05, 0) is 46.5 Å². The molecule has 43 heavy (non-hydrogen) atoms. The van der Waals surface area contributed by atoms with Gasteiger partial charge in [-0.25, -0.2) is 9.97 Å². The van der Waals surface area contributed by atoms with E-state index in [1.54, 1.807) is 0 Å². The van der Waals surface area contributed by atoms with Crippen molar-refractivity contribution >= 4 is 54.3 Å². The molecule has 0 amide bonds. The van der Waals surface area contributed by atoms with Crippen LogP contribution in [0.2, 0.25) is 0 Å². The molecule has 0 bridgehead atoms. The maximum absolute atomic E-state index is 5.20. The van der Waals surface area contributed by atoms with Crippen molar-refractivity contribution in [3.63, 3.8) is 0 Å². The van der Waals surface area contributed by atoms with Gasteiger partial charge in [0.1, 0.15) is 0 Å². The van der Waals surface area contributed by atoms with Crippen molar-refractivity contribution in [2.45, 2.75) is 0 Å². The van der Waals surface area contributed by atoms with Gasteiger partial charge in [-0.2, -0.15) is 0 Å². The number of benzene rings is 7. The van der Waals surface area contributed by atoms with E-state index in [4.69, 9.17) is 9.97 Å². The van der Waals surface area contributed by atoms with Crippen molar-refractivity contribution in [2.75, 3.05) is 0 Å². The van der Waals surface area contributed by atoms with Gasteiger partial charge >= 0.3 is 0 Å². The summed E-state index contributed by atoms with van der Waals surface area (Å²) in [6, 6.07) is 53.8. The molecule has 9 rings (SSSR count). The molecular formula is C40H25N3. The molecule has 0 aliphatic heterocycles. The Labute approximate surface area is 248 Å². The quantitative estimate of drug-likeness (QED) is 0.220. The molecule has 2 aromatic heterocycles. The molecule has 200 valence electrons. The molecule has 0 saturated carbocycles. The molecule has 0 aliphatic carbocycles. The standard InChI is InChI=1S/C40H25N3/c1-2-12-26(13-3-1)40-41-35-20-10-8-19-33(35)39(42-40)32-22-23-37(30-17-7-6-16-29(30)32)43-36-21-11-9-18-31(36)34-24-27-14-4-5-15-28(27)25-38(34)43/h1-25H. The average Bonchev–Trinajstić information content (AvgIpc) is 3.39.